The lowest BCUT2D eigenvalue weighted by Gasteiger charge is -2.27. The predicted octanol–water partition coefficient (Wildman–Crippen LogP) is 3.39. The first-order valence-corrected chi connectivity index (χ1v) is 8.24. The maximum absolute atomic E-state index is 12.3. The number of nitrogens with one attached hydrogen (secondary N) is 1. The Morgan fingerprint density at radius 3 is 2.71 bits per heavy atom. The standard InChI is InChI=1S/C19H25N3O2/c1-3-18(17-10-7-11-20-14-17)22(2)19(23)21-12-13-24-15-16-8-5-4-6-9-16/h4-11,14,18H,3,12-13,15H2,1-2H3,(H,21,23)/t18-/m0/s1. The second-order valence-corrected chi connectivity index (χ2v) is 5.59. The molecule has 0 spiro atoms. The number of amides is 2. The molecule has 1 aromatic heterocycles. The highest BCUT2D eigenvalue weighted by Gasteiger charge is 2.19. The minimum Gasteiger partial charge on any atom is -0.375 e. The van der Waals surface area contributed by atoms with Crippen molar-refractivity contribution in [1.29, 1.82) is 0 Å². The van der Waals surface area contributed by atoms with Crippen LogP contribution >= 0.6 is 0 Å². The van der Waals surface area contributed by atoms with E-state index in [-0.39, 0.29) is 12.1 Å². The largest absolute Gasteiger partial charge is 0.375 e. The first-order valence-electron chi connectivity index (χ1n) is 8.24. The van der Waals surface area contributed by atoms with Crippen LogP contribution in [0.5, 0.6) is 0 Å². The molecule has 0 unspecified atom stereocenters. The number of carbonyl (C=O) groups excluding carboxylic acids is 1. The van der Waals surface area contributed by atoms with Crippen molar-refractivity contribution in [2.75, 3.05) is 20.2 Å². The van der Waals surface area contributed by atoms with E-state index in [2.05, 4.69) is 17.2 Å². The SMILES string of the molecule is CC[C@@H](c1cccnc1)N(C)C(=O)NCCOCc1ccccc1. The lowest BCUT2D eigenvalue weighted by atomic mass is 10.1. The van der Waals surface area contributed by atoms with E-state index < -0.39 is 0 Å². The Morgan fingerprint density at radius 2 is 2.04 bits per heavy atom. The normalized spacial score (nSPS) is 11.8. The smallest absolute Gasteiger partial charge is 0.317 e. The molecule has 0 bridgehead atoms. The summed E-state index contributed by atoms with van der Waals surface area (Å²) in [5.74, 6) is 0. The van der Waals surface area contributed by atoms with Gasteiger partial charge in [0.25, 0.3) is 0 Å². The van der Waals surface area contributed by atoms with Crippen LogP contribution in [-0.2, 0) is 11.3 Å². The number of ether oxygens (including phenoxy) is 1. The third kappa shape index (κ3) is 5.35. The van der Waals surface area contributed by atoms with Gasteiger partial charge in [-0.05, 0) is 23.6 Å². The van der Waals surface area contributed by atoms with Crippen LogP contribution in [0.2, 0.25) is 0 Å². The molecule has 2 amide bonds. The summed E-state index contributed by atoms with van der Waals surface area (Å²) in [6.07, 6.45) is 4.38. The highest BCUT2D eigenvalue weighted by atomic mass is 16.5. The maximum atomic E-state index is 12.3. The van der Waals surface area contributed by atoms with Crippen molar-refractivity contribution in [1.82, 2.24) is 15.2 Å². The van der Waals surface area contributed by atoms with Gasteiger partial charge in [0.15, 0.2) is 0 Å². The average Bonchev–Trinajstić information content (AvgIpc) is 2.63. The van der Waals surface area contributed by atoms with Gasteiger partial charge in [-0.1, -0.05) is 43.3 Å². The van der Waals surface area contributed by atoms with Crippen LogP contribution < -0.4 is 5.32 Å². The molecule has 1 aromatic carbocycles. The van der Waals surface area contributed by atoms with Crippen molar-refractivity contribution in [2.24, 2.45) is 0 Å². The Hall–Kier alpha value is -2.40. The molecular weight excluding hydrogens is 302 g/mol. The molecule has 0 saturated carbocycles. The fourth-order valence-electron chi connectivity index (χ4n) is 2.57. The first-order chi connectivity index (χ1) is 11.7. The number of benzene rings is 1. The molecule has 0 aliphatic rings. The molecule has 0 aliphatic heterocycles. The third-order valence-corrected chi connectivity index (χ3v) is 3.88. The topological polar surface area (TPSA) is 54.5 Å². The van der Waals surface area contributed by atoms with Gasteiger partial charge in [0.05, 0.1) is 19.3 Å². The molecule has 2 rings (SSSR count). The molecule has 1 N–H and O–H groups in total. The van der Waals surface area contributed by atoms with E-state index >= 15 is 0 Å². The monoisotopic (exact) mass is 327 g/mol. The van der Waals surface area contributed by atoms with Gasteiger partial charge in [-0.2, -0.15) is 0 Å². The summed E-state index contributed by atoms with van der Waals surface area (Å²) < 4.78 is 5.58. The quantitative estimate of drug-likeness (QED) is 0.756. The van der Waals surface area contributed by atoms with Crippen LogP contribution in [0.25, 0.3) is 0 Å². The molecule has 5 nitrogen and oxygen atoms in total. The average molecular weight is 327 g/mol. The summed E-state index contributed by atoms with van der Waals surface area (Å²) in [5, 5.41) is 2.89. The number of nitrogens with zero attached hydrogens (tertiary/aromatic N) is 2. The van der Waals surface area contributed by atoms with Crippen LogP contribution in [0.1, 0.15) is 30.5 Å². The lowest BCUT2D eigenvalue weighted by molar-refractivity contribution is 0.120. The number of hydrogen-bond acceptors (Lipinski definition) is 3. The first kappa shape index (κ1) is 17.9. The molecular formula is C19H25N3O2. The highest BCUT2D eigenvalue weighted by molar-refractivity contribution is 5.74. The summed E-state index contributed by atoms with van der Waals surface area (Å²) in [5.41, 5.74) is 2.17. The molecule has 1 heterocycles. The van der Waals surface area contributed by atoms with Crippen LogP contribution in [0.15, 0.2) is 54.9 Å². The predicted molar refractivity (Wildman–Crippen MR) is 94.5 cm³/mol. The van der Waals surface area contributed by atoms with Crippen molar-refractivity contribution >= 4 is 6.03 Å². The second-order valence-electron chi connectivity index (χ2n) is 5.59. The fraction of sp³-hybridized carbons (Fsp3) is 0.368. The molecule has 0 saturated heterocycles. The Bertz CT molecular complexity index is 605. The molecule has 24 heavy (non-hydrogen) atoms. The summed E-state index contributed by atoms with van der Waals surface area (Å²) in [6.45, 7) is 3.59. The van der Waals surface area contributed by atoms with E-state index in [1.54, 1.807) is 24.3 Å². The van der Waals surface area contributed by atoms with Crippen LogP contribution in [-0.4, -0.2) is 36.1 Å². The molecule has 1 atom stereocenters. The van der Waals surface area contributed by atoms with Gasteiger partial charge in [-0.15, -0.1) is 0 Å². The summed E-state index contributed by atoms with van der Waals surface area (Å²) >= 11 is 0. The third-order valence-electron chi connectivity index (χ3n) is 3.88. The molecule has 128 valence electrons. The fourth-order valence-corrected chi connectivity index (χ4v) is 2.57. The molecule has 5 heteroatoms. The van der Waals surface area contributed by atoms with Gasteiger partial charge in [0, 0.05) is 26.0 Å². The van der Waals surface area contributed by atoms with Crippen LogP contribution in [0.3, 0.4) is 0 Å². The molecule has 2 aromatic rings. The minimum atomic E-state index is -0.103. The van der Waals surface area contributed by atoms with Gasteiger partial charge in [0.2, 0.25) is 0 Å². The van der Waals surface area contributed by atoms with Gasteiger partial charge < -0.3 is 15.0 Å². The molecule has 0 fully saturated rings. The summed E-state index contributed by atoms with van der Waals surface area (Å²) in [7, 11) is 1.81. The summed E-state index contributed by atoms with van der Waals surface area (Å²) in [6, 6.07) is 13.8. The van der Waals surface area contributed by atoms with Gasteiger partial charge >= 0.3 is 6.03 Å². The Balaban J connectivity index is 1.73. The zero-order chi connectivity index (χ0) is 17.2. The number of hydrogen-bond donors (Lipinski definition) is 1. The van der Waals surface area contributed by atoms with E-state index in [0.717, 1.165) is 17.5 Å². The number of urea groups is 1. The van der Waals surface area contributed by atoms with Gasteiger partial charge in [-0.3, -0.25) is 4.98 Å². The Morgan fingerprint density at radius 1 is 1.25 bits per heavy atom. The zero-order valence-electron chi connectivity index (χ0n) is 14.3. The van der Waals surface area contributed by atoms with Crippen molar-refractivity contribution in [3.8, 4) is 0 Å². The lowest BCUT2D eigenvalue weighted by Crippen LogP contribution is -2.40. The van der Waals surface area contributed by atoms with Crippen LogP contribution in [0, 0.1) is 0 Å². The number of rotatable bonds is 8. The zero-order valence-corrected chi connectivity index (χ0v) is 14.3. The van der Waals surface area contributed by atoms with E-state index in [1.165, 1.54) is 0 Å². The molecule has 0 radical (unpaired) electrons. The van der Waals surface area contributed by atoms with Crippen molar-refractivity contribution in [3.05, 3.63) is 66.0 Å². The van der Waals surface area contributed by atoms with E-state index in [0.29, 0.717) is 19.8 Å². The Labute approximate surface area is 143 Å². The van der Waals surface area contributed by atoms with E-state index in [4.69, 9.17) is 4.74 Å². The van der Waals surface area contributed by atoms with E-state index in [1.807, 2.05) is 42.5 Å². The maximum Gasteiger partial charge on any atom is 0.317 e. The minimum absolute atomic E-state index is 0.0175. The van der Waals surface area contributed by atoms with Gasteiger partial charge in [-0.25, -0.2) is 4.79 Å². The molecule has 0 aliphatic carbocycles. The number of pyridine rings is 1. The van der Waals surface area contributed by atoms with Gasteiger partial charge in [0.1, 0.15) is 0 Å². The van der Waals surface area contributed by atoms with Crippen LogP contribution in [0.4, 0.5) is 4.79 Å². The number of carbonyl (C=O) groups is 1. The Kier molecular flexibility index (Phi) is 7.23. The van der Waals surface area contributed by atoms with Crippen molar-refractivity contribution in [3.63, 3.8) is 0 Å². The van der Waals surface area contributed by atoms with Crippen molar-refractivity contribution in [2.45, 2.75) is 26.0 Å². The van der Waals surface area contributed by atoms with E-state index in [9.17, 15) is 4.79 Å². The van der Waals surface area contributed by atoms with Crippen molar-refractivity contribution < 1.29 is 9.53 Å². The highest BCUT2D eigenvalue weighted by Crippen LogP contribution is 2.21. The number of aromatic nitrogens is 1. The summed E-state index contributed by atoms with van der Waals surface area (Å²) in [4.78, 5) is 18.1. The second kappa shape index (κ2) is 9.67.